The fourth-order valence-electron chi connectivity index (χ4n) is 4.02. The minimum atomic E-state index is -2.28. The van der Waals surface area contributed by atoms with Crippen LogP contribution in [0.15, 0.2) is 60.7 Å². The molecule has 0 unspecified atom stereocenters. The highest BCUT2D eigenvalue weighted by atomic mass is 16.1. The van der Waals surface area contributed by atoms with Gasteiger partial charge < -0.3 is 4.90 Å². The Morgan fingerprint density at radius 1 is 0.960 bits per heavy atom. The molecule has 0 radical (unpaired) electrons. The minimum Gasteiger partial charge on any atom is -0.303 e. The largest absolute Gasteiger partial charge is 0.303 e. The predicted octanol–water partition coefficient (Wildman–Crippen LogP) is 4.83. The topological polar surface area (TPSA) is 20.3 Å². The number of Topliss-reactive ketones (excluding diaryl/α,β-unsaturated/α-hetero) is 1. The third-order valence-electron chi connectivity index (χ3n) is 5.42. The molecule has 0 amide bonds. The molecule has 1 aliphatic heterocycles. The molecular formula is C23H29NO. The first-order valence-electron chi connectivity index (χ1n) is 10.8. The Balaban J connectivity index is 2.04. The maximum absolute atomic E-state index is 13.6. The Hall–Kier alpha value is -1.93. The van der Waals surface area contributed by atoms with Gasteiger partial charge in [-0.3, -0.25) is 4.79 Å². The predicted molar refractivity (Wildman–Crippen MR) is 104 cm³/mol. The second-order valence-electron chi connectivity index (χ2n) is 6.89. The van der Waals surface area contributed by atoms with Gasteiger partial charge in [-0.1, -0.05) is 73.9 Å². The Labute approximate surface area is 156 Å². The molecule has 0 bridgehead atoms. The summed E-state index contributed by atoms with van der Waals surface area (Å²) in [4.78, 5) is 16.0. The van der Waals surface area contributed by atoms with Gasteiger partial charge >= 0.3 is 0 Å². The van der Waals surface area contributed by atoms with Crippen LogP contribution in [0.2, 0.25) is 0 Å². The van der Waals surface area contributed by atoms with Gasteiger partial charge in [-0.2, -0.15) is 0 Å². The number of ketones is 1. The van der Waals surface area contributed by atoms with Crippen molar-refractivity contribution in [1.82, 2.24) is 4.90 Å². The average molecular weight is 339 g/mol. The molecule has 0 spiro atoms. The van der Waals surface area contributed by atoms with E-state index in [-0.39, 0.29) is 5.78 Å². The van der Waals surface area contributed by atoms with Gasteiger partial charge in [-0.15, -0.1) is 0 Å². The summed E-state index contributed by atoms with van der Waals surface area (Å²) in [7, 11) is 0. The van der Waals surface area contributed by atoms with Crippen LogP contribution in [0.25, 0.3) is 0 Å². The van der Waals surface area contributed by atoms with E-state index in [1.54, 1.807) is 0 Å². The van der Waals surface area contributed by atoms with Crippen molar-refractivity contribution in [2.45, 2.75) is 44.4 Å². The van der Waals surface area contributed by atoms with E-state index in [2.05, 4.69) is 4.90 Å². The van der Waals surface area contributed by atoms with Crippen LogP contribution in [-0.4, -0.2) is 30.3 Å². The van der Waals surface area contributed by atoms with Crippen molar-refractivity contribution in [2.75, 3.05) is 19.6 Å². The molecule has 1 fully saturated rings. The molecule has 1 heterocycles. The number of carbonyl (C=O) groups is 1. The van der Waals surface area contributed by atoms with Crippen LogP contribution < -0.4 is 0 Å². The number of piperidine rings is 1. The van der Waals surface area contributed by atoms with Crippen LogP contribution in [0.5, 0.6) is 0 Å². The van der Waals surface area contributed by atoms with Crippen molar-refractivity contribution in [2.24, 2.45) is 0 Å². The zero-order valence-electron chi connectivity index (χ0n) is 17.8. The van der Waals surface area contributed by atoms with Gasteiger partial charge in [-0.25, -0.2) is 0 Å². The fraction of sp³-hybridized carbons (Fsp3) is 0.435. The summed E-state index contributed by atoms with van der Waals surface area (Å²) in [5.41, 5.74) is 0.828. The highest BCUT2D eigenvalue weighted by Gasteiger charge is 2.40. The van der Waals surface area contributed by atoms with E-state index in [0.717, 1.165) is 30.8 Å². The normalized spacial score (nSPS) is 18.2. The number of hydrogen-bond acceptors (Lipinski definition) is 2. The second-order valence-corrected chi connectivity index (χ2v) is 6.89. The highest BCUT2D eigenvalue weighted by molar-refractivity contribution is 5.93. The van der Waals surface area contributed by atoms with E-state index < -0.39 is 18.7 Å². The molecule has 132 valence electrons. The standard InChI is InChI=1S/C23H29NO/c1-2-22(25)23(20-12-6-3-7-13-20,21-14-8-4-9-15-21)16-19-24-17-10-5-11-18-24/h3-4,6-9,12-15H,2,5,10-11,16-19H2,1H3/i1D3. The third kappa shape index (κ3) is 3.85. The Bertz CT molecular complexity index is 713. The SMILES string of the molecule is [2H]C([2H])([2H])CC(=O)C(CCN1CCCCC1)(c1ccccc1)c1ccccc1. The molecule has 0 aliphatic carbocycles. The lowest BCUT2D eigenvalue weighted by Gasteiger charge is -2.36. The molecule has 2 heteroatoms. The molecule has 1 saturated heterocycles. The lowest BCUT2D eigenvalue weighted by atomic mass is 9.68. The zero-order valence-corrected chi connectivity index (χ0v) is 14.8. The quantitative estimate of drug-likeness (QED) is 0.721. The van der Waals surface area contributed by atoms with Gasteiger partial charge in [0.2, 0.25) is 0 Å². The van der Waals surface area contributed by atoms with E-state index >= 15 is 0 Å². The van der Waals surface area contributed by atoms with E-state index in [4.69, 9.17) is 4.11 Å². The van der Waals surface area contributed by atoms with Crippen LogP contribution in [0.4, 0.5) is 0 Å². The number of nitrogens with zero attached hydrogens (tertiary/aromatic N) is 1. The van der Waals surface area contributed by atoms with Crippen molar-refractivity contribution in [3.05, 3.63) is 71.8 Å². The summed E-state index contributed by atoms with van der Waals surface area (Å²) < 4.78 is 23.1. The molecule has 1 aliphatic rings. The summed E-state index contributed by atoms with van der Waals surface area (Å²) >= 11 is 0. The Morgan fingerprint density at radius 3 is 2.04 bits per heavy atom. The third-order valence-corrected chi connectivity index (χ3v) is 5.42. The van der Waals surface area contributed by atoms with Crippen LogP contribution >= 0.6 is 0 Å². The molecule has 0 N–H and O–H groups in total. The smallest absolute Gasteiger partial charge is 0.147 e. The van der Waals surface area contributed by atoms with Gasteiger partial charge in [0, 0.05) is 10.5 Å². The number of likely N-dealkylation sites (tertiary alicyclic amines) is 1. The fourth-order valence-corrected chi connectivity index (χ4v) is 4.02. The summed E-state index contributed by atoms with van der Waals surface area (Å²) in [6.07, 6.45) is 3.81. The summed E-state index contributed by atoms with van der Waals surface area (Å²) in [5, 5.41) is 0. The van der Waals surface area contributed by atoms with Gasteiger partial charge in [-0.05, 0) is 50.0 Å². The molecule has 0 atom stereocenters. The van der Waals surface area contributed by atoms with Crippen molar-refractivity contribution in [1.29, 1.82) is 0 Å². The molecule has 2 aromatic carbocycles. The van der Waals surface area contributed by atoms with E-state index in [9.17, 15) is 4.79 Å². The molecule has 2 nitrogen and oxygen atoms in total. The first-order chi connectivity index (χ1) is 13.4. The second kappa shape index (κ2) is 8.44. The van der Waals surface area contributed by atoms with Crippen molar-refractivity contribution in [3.63, 3.8) is 0 Å². The van der Waals surface area contributed by atoms with Crippen molar-refractivity contribution in [3.8, 4) is 0 Å². The first-order valence-corrected chi connectivity index (χ1v) is 9.28. The number of rotatable bonds is 7. The van der Waals surface area contributed by atoms with E-state index in [1.165, 1.54) is 19.3 Å². The van der Waals surface area contributed by atoms with Gasteiger partial charge in [0.25, 0.3) is 0 Å². The minimum absolute atomic E-state index is 0.220. The van der Waals surface area contributed by atoms with Crippen LogP contribution in [-0.2, 0) is 10.2 Å². The van der Waals surface area contributed by atoms with Crippen LogP contribution in [0, 0.1) is 0 Å². The molecule has 3 rings (SSSR count). The maximum atomic E-state index is 13.6. The molecule has 25 heavy (non-hydrogen) atoms. The number of benzene rings is 2. The van der Waals surface area contributed by atoms with Gasteiger partial charge in [0.15, 0.2) is 0 Å². The van der Waals surface area contributed by atoms with E-state index in [1.807, 2.05) is 60.7 Å². The highest BCUT2D eigenvalue weighted by Crippen LogP contribution is 2.38. The van der Waals surface area contributed by atoms with Crippen molar-refractivity contribution >= 4 is 5.78 Å². The van der Waals surface area contributed by atoms with Crippen LogP contribution in [0.1, 0.15) is 54.2 Å². The summed E-state index contributed by atoms with van der Waals surface area (Å²) in [5.74, 6) is -0.220. The lowest BCUT2D eigenvalue weighted by molar-refractivity contribution is -0.123. The average Bonchev–Trinajstić information content (AvgIpc) is 2.70. The lowest BCUT2D eigenvalue weighted by Crippen LogP contribution is -2.41. The first kappa shape index (κ1) is 14.3. The molecule has 2 aromatic rings. The van der Waals surface area contributed by atoms with Crippen LogP contribution in [0.3, 0.4) is 0 Å². The monoisotopic (exact) mass is 338 g/mol. The Kier molecular flexibility index (Phi) is 4.82. The van der Waals surface area contributed by atoms with Crippen molar-refractivity contribution < 1.29 is 8.91 Å². The Morgan fingerprint density at radius 2 is 1.52 bits per heavy atom. The van der Waals surface area contributed by atoms with Gasteiger partial charge in [0.1, 0.15) is 5.78 Å². The van der Waals surface area contributed by atoms with E-state index in [0.29, 0.717) is 6.42 Å². The molecule has 0 saturated carbocycles. The number of hydrogen-bond donors (Lipinski definition) is 0. The number of carbonyl (C=O) groups excluding carboxylic acids is 1. The zero-order chi connectivity index (χ0) is 20.0. The molecular weight excluding hydrogens is 306 g/mol. The van der Waals surface area contributed by atoms with Gasteiger partial charge in [0.05, 0.1) is 5.41 Å². The summed E-state index contributed by atoms with van der Waals surface area (Å²) in [6, 6.07) is 19.4. The summed E-state index contributed by atoms with van der Waals surface area (Å²) in [6.45, 7) is 0.605. The molecule has 0 aromatic heterocycles. The maximum Gasteiger partial charge on any atom is 0.147 e.